The third-order valence-electron chi connectivity index (χ3n) is 3.85. The second-order valence-electron chi connectivity index (χ2n) is 6.65. The molecule has 1 fully saturated rings. The molecule has 0 spiro atoms. The van der Waals surface area contributed by atoms with Crippen molar-refractivity contribution in [3.63, 3.8) is 0 Å². The lowest BCUT2D eigenvalue weighted by Crippen LogP contribution is -2.36. The Morgan fingerprint density at radius 1 is 1.11 bits per heavy atom. The minimum Gasteiger partial charge on any atom is -0.312 e. The Labute approximate surface area is 112 Å². The van der Waals surface area contributed by atoms with Gasteiger partial charge in [0.1, 0.15) is 0 Å². The number of nitrogens with one attached hydrogen (secondary N) is 1. The maximum atomic E-state index is 3.54. The molecule has 1 aromatic carbocycles. The van der Waals surface area contributed by atoms with E-state index in [1.807, 2.05) is 0 Å². The third kappa shape index (κ3) is 4.13. The molecule has 0 atom stereocenters. The summed E-state index contributed by atoms with van der Waals surface area (Å²) in [6, 6.07) is 9.34. The molecule has 100 valence electrons. The molecule has 0 saturated heterocycles. The third-order valence-corrected chi connectivity index (χ3v) is 3.85. The summed E-state index contributed by atoms with van der Waals surface area (Å²) in [7, 11) is 0. The Balaban J connectivity index is 1.73. The van der Waals surface area contributed by atoms with Crippen molar-refractivity contribution in [2.75, 3.05) is 6.54 Å². The Bertz CT molecular complexity index is 354. The molecule has 1 aromatic rings. The maximum absolute atomic E-state index is 3.54. The highest BCUT2D eigenvalue weighted by molar-refractivity contribution is 5.26. The lowest BCUT2D eigenvalue weighted by molar-refractivity contribution is 0.419. The first-order valence-corrected chi connectivity index (χ1v) is 7.38. The van der Waals surface area contributed by atoms with E-state index < -0.39 is 0 Å². The Morgan fingerprint density at radius 2 is 1.78 bits per heavy atom. The Morgan fingerprint density at radius 3 is 2.28 bits per heavy atom. The molecular formula is C17H27N. The minimum atomic E-state index is 0.244. The van der Waals surface area contributed by atoms with Crippen LogP contribution in [0.2, 0.25) is 0 Å². The van der Waals surface area contributed by atoms with Crippen molar-refractivity contribution in [3.8, 4) is 0 Å². The molecule has 18 heavy (non-hydrogen) atoms. The van der Waals surface area contributed by atoms with E-state index >= 15 is 0 Å². The van der Waals surface area contributed by atoms with Crippen LogP contribution in [-0.2, 0) is 6.42 Å². The van der Waals surface area contributed by atoms with Gasteiger partial charge >= 0.3 is 0 Å². The molecule has 1 aliphatic carbocycles. The fourth-order valence-electron chi connectivity index (χ4n) is 2.45. The SMILES string of the molecule is CC(C)(C)NCCCc1ccc(C2CCC2)cc1. The first kappa shape index (κ1) is 13.6. The monoisotopic (exact) mass is 245 g/mol. The summed E-state index contributed by atoms with van der Waals surface area (Å²) >= 11 is 0. The average Bonchev–Trinajstić information content (AvgIpc) is 2.23. The summed E-state index contributed by atoms with van der Waals surface area (Å²) in [4.78, 5) is 0. The van der Waals surface area contributed by atoms with Crippen LogP contribution in [0.4, 0.5) is 0 Å². The van der Waals surface area contributed by atoms with Crippen molar-refractivity contribution >= 4 is 0 Å². The minimum absolute atomic E-state index is 0.244. The van der Waals surface area contributed by atoms with Crippen molar-refractivity contribution < 1.29 is 0 Å². The molecule has 1 saturated carbocycles. The van der Waals surface area contributed by atoms with Gasteiger partial charge < -0.3 is 5.32 Å². The number of hydrogen-bond acceptors (Lipinski definition) is 1. The molecule has 0 unspecified atom stereocenters. The molecule has 0 bridgehead atoms. The zero-order valence-corrected chi connectivity index (χ0v) is 12.1. The van der Waals surface area contributed by atoms with Gasteiger partial charge in [0.25, 0.3) is 0 Å². The molecule has 1 aliphatic rings. The number of aryl methyl sites for hydroxylation is 1. The van der Waals surface area contributed by atoms with E-state index in [-0.39, 0.29) is 5.54 Å². The summed E-state index contributed by atoms with van der Waals surface area (Å²) < 4.78 is 0. The van der Waals surface area contributed by atoms with Gasteiger partial charge in [-0.25, -0.2) is 0 Å². The molecule has 0 aliphatic heterocycles. The maximum Gasteiger partial charge on any atom is 0.00965 e. The summed E-state index contributed by atoms with van der Waals surface area (Å²) in [6.45, 7) is 7.77. The van der Waals surface area contributed by atoms with E-state index in [2.05, 4.69) is 50.4 Å². The molecule has 1 heteroatoms. The zero-order valence-electron chi connectivity index (χ0n) is 12.1. The first-order valence-electron chi connectivity index (χ1n) is 7.38. The van der Waals surface area contributed by atoms with Crippen molar-refractivity contribution in [1.29, 1.82) is 0 Å². The molecule has 0 radical (unpaired) electrons. The summed E-state index contributed by atoms with van der Waals surface area (Å²) in [6.07, 6.45) is 6.63. The largest absolute Gasteiger partial charge is 0.312 e. The fourth-order valence-corrected chi connectivity index (χ4v) is 2.45. The van der Waals surface area contributed by atoms with Crippen LogP contribution in [0.3, 0.4) is 0 Å². The molecule has 0 heterocycles. The van der Waals surface area contributed by atoms with E-state index in [1.165, 1.54) is 37.7 Å². The molecule has 1 nitrogen and oxygen atoms in total. The highest BCUT2D eigenvalue weighted by atomic mass is 14.9. The topological polar surface area (TPSA) is 12.0 Å². The Hall–Kier alpha value is -0.820. The van der Waals surface area contributed by atoms with Gasteiger partial charge in [-0.15, -0.1) is 0 Å². The van der Waals surface area contributed by atoms with Crippen LogP contribution >= 0.6 is 0 Å². The van der Waals surface area contributed by atoms with Crippen LogP contribution in [0.25, 0.3) is 0 Å². The van der Waals surface area contributed by atoms with Crippen LogP contribution < -0.4 is 5.32 Å². The van der Waals surface area contributed by atoms with Crippen LogP contribution in [0, 0.1) is 0 Å². The van der Waals surface area contributed by atoms with Crippen LogP contribution in [0.1, 0.15) is 63.5 Å². The normalized spacial score (nSPS) is 16.6. The van der Waals surface area contributed by atoms with Gasteiger partial charge in [0.05, 0.1) is 0 Å². The van der Waals surface area contributed by atoms with Crippen LogP contribution in [0.15, 0.2) is 24.3 Å². The second-order valence-corrected chi connectivity index (χ2v) is 6.65. The van der Waals surface area contributed by atoms with E-state index in [0.717, 1.165) is 12.5 Å². The predicted octanol–water partition coefficient (Wildman–Crippen LogP) is 4.27. The van der Waals surface area contributed by atoms with Gasteiger partial charge in [-0.3, -0.25) is 0 Å². The standard InChI is InChI=1S/C17H27N/c1-17(2,3)18-13-5-6-14-9-11-16(12-10-14)15-7-4-8-15/h9-12,15,18H,4-8,13H2,1-3H3. The number of benzene rings is 1. The van der Waals surface area contributed by atoms with Gasteiger partial charge in [0, 0.05) is 5.54 Å². The lowest BCUT2D eigenvalue weighted by Gasteiger charge is -2.25. The molecule has 2 rings (SSSR count). The summed E-state index contributed by atoms with van der Waals surface area (Å²) in [5.74, 6) is 0.863. The average molecular weight is 245 g/mol. The van der Waals surface area contributed by atoms with Crippen LogP contribution in [-0.4, -0.2) is 12.1 Å². The molecular weight excluding hydrogens is 218 g/mol. The Kier molecular flexibility index (Phi) is 4.45. The van der Waals surface area contributed by atoms with E-state index in [0.29, 0.717) is 0 Å². The fraction of sp³-hybridized carbons (Fsp3) is 0.647. The second kappa shape index (κ2) is 5.88. The van der Waals surface area contributed by atoms with E-state index in [1.54, 1.807) is 5.56 Å². The van der Waals surface area contributed by atoms with Crippen molar-refractivity contribution in [2.45, 2.75) is 64.3 Å². The molecule has 0 aromatic heterocycles. The van der Waals surface area contributed by atoms with Gasteiger partial charge in [-0.1, -0.05) is 30.7 Å². The summed E-state index contributed by atoms with van der Waals surface area (Å²) in [5.41, 5.74) is 3.28. The van der Waals surface area contributed by atoms with Crippen molar-refractivity contribution in [2.24, 2.45) is 0 Å². The van der Waals surface area contributed by atoms with Crippen molar-refractivity contribution in [1.82, 2.24) is 5.32 Å². The van der Waals surface area contributed by atoms with E-state index in [9.17, 15) is 0 Å². The number of rotatable bonds is 5. The van der Waals surface area contributed by atoms with Gasteiger partial charge in [0.2, 0.25) is 0 Å². The molecule has 1 N–H and O–H groups in total. The molecule has 0 amide bonds. The number of hydrogen-bond donors (Lipinski definition) is 1. The predicted molar refractivity (Wildman–Crippen MR) is 79.1 cm³/mol. The smallest absolute Gasteiger partial charge is 0.00965 e. The highest BCUT2D eigenvalue weighted by Crippen LogP contribution is 2.36. The quantitative estimate of drug-likeness (QED) is 0.764. The van der Waals surface area contributed by atoms with Gasteiger partial charge in [0.15, 0.2) is 0 Å². The summed E-state index contributed by atoms with van der Waals surface area (Å²) in [5, 5.41) is 3.54. The van der Waals surface area contributed by atoms with Gasteiger partial charge in [-0.2, -0.15) is 0 Å². The van der Waals surface area contributed by atoms with E-state index in [4.69, 9.17) is 0 Å². The highest BCUT2D eigenvalue weighted by Gasteiger charge is 2.18. The zero-order chi connectivity index (χ0) is 13.0. The van der Waals surface area contributed by atoms with Crippen molar-refractivity contribution in [3.05, 3.63) is 35.4 Å². The van der Waals surface area contributed by atoms with Gasteiger partial charge in [-0.05, 0) is 70.0 Å². The van der Waals surface area contributed by atoms with Crippen LogP contribution in [0.5, 0.6) is 0 Å². The lowest BCUT2D eigenvalue weighted by atomic mass is 9.80. The first-order chi connectivity index (χ1) is 8.54.